The standard InChI is InChI=1S/C23H21BrN4O2S/c1-3-11-28-22(20-13-17-12-18(24)9-10-19(17)30-20)26-27-23(28)31-14-21(29)25-15(2)16-7-5-4-6-8-16/h3-10,12-13,15H,1,11,14H2,2H3,(H,25,29). The van der Waals surface area contributed by atoms with Crippen LogP contribution in [0.15, 0.2) is 81.3 Å². The van der Waals surface area contributed by atoms with Gasteiger partial charge in [0.1, 0.15) is 5.58 Å². The number of furan rings is 1. The zero-order chi connectivity index (χ0) is 21.8. The maximum Gasteiger partial charge on any atom is 0.230 e. The maximum absolute atomic E-state index is 12.5. The van der Waals surface area contributed by atoms with Gasteiger partial charge in [0.25, 0.3) is 0 Å². The molecule has 0 aliphatic heterocycles. The zero-order valence-corrected chi connectivity index (χ0v) is 19.3. The Labute approximate surface area is 192 Å². The van der Waals surface area contributed by atoms with Crippen LogP contribution in [-0.2, 0) is 11.3 Å². The van der Waals surface area contributed by atoms with Gasteiger partial charge in [0.05, 0.1) is 11.8 Å². The van der Waals surface area contributed by atoms with Crippen molar-refractivity contribution in [1.29, 1.82) is 0 Å². The lowest BCUT2D eigenvalue weighted by Crippen LogP contribution is -2.28. The molecular formula is C23H21BrN4O2S. The van der Waals surface area contributed by atoms with Gasteiger partial charge in [-0.1, -0.05) is 64.1 Å². The molecule has 1 N–H and O–H groups in total. The monoisotopic (exact) mass is 496 g/mol. The van der Waals surface area contributed by atoms with E-state index in [0.717, 1.165) is 21.0 Å². The van der Waals surface area contributed by atoms with Crippen LogP contribution in [0.1, 0.15) is 18.5 Å². The number of aromatic nitrogens is 3. The lowest BCUT2D eigenvalue weighted by Gasteiger charge is -2.14. The fraction of sp³-hybridized carbons (Fsp3) is 0.174. The molecule has 1 unspecified atom stereocenters. The number of nitrogens with zero attached hydrogens (tertiary/aromatic N) is 3. The molecule has 0 bridgehead atoms. The molecule has 158 valence electrons. The summed E-state index contributed by atoms with van der Waals surface area (Å²) < 4.78 is 8.85. The first-order valence-corrected chi connectivity index (χ1v) is 11.5. The summed E-state index contributed by atoms with van der Waals surface area (Å²) in [5.74, 6) is 1.40. The van der Waals surface area contributed by atoms with Crippen LogP contribution >= 0.6 is 27.7 Å². The number of benzene rings is 2. The van der Waals surface area contributed by atoms with Gasteiger partial charge in [0.2, 0.25) is 11.7 Å². The highest BCUT2D eigenvalue weighted by atomic mass is 79.9. The van der Waals surface area contributed by atoms with Crippen molar-refractivity contribution in [3.8, 4) is 11.6 Å². The number of hydrogen-bond donors (Lipinski definition) is 1. The van der Waals surface area contributed by atoms with Gasteiger partial charge in [-0.15, -0.1) is 16.8 Å². The summed E-state index contributed by atoms with van der Waals surface area (Å²) >= 11 is 4.82. The van der Waals surface area contributed by atoms with Crippen LogP contribution in [0.4, 0.5) is 0 Å². The highest BCUT2D eigenvalue weighted by Crippen LogP contribution is 2.30. The molecule has 0 spiro atoms. The van der Waals surface area contributed by atoms with Crippen molar-refractivity contribution in [3.05, 3.63) is 77.3 Å². The van der Waals surface area contributed by atoms with Crippen LogP contribution < -0.4 is 5.32 Å². The van der Waals surface area contributed by atoms with Crippen molar-refractivity contribution in [2.24, 2.45) is 0 Å². The Morgan fingerprint density at radius 1 is 1.26 bits per heavy atom. The molecule has 1 amide bonds. The second-order valence-corrected chi connectivity index (χ2v) is 8.84. The zero-order valence-electron chi connectivity index (χ0n) is 16.9. The van der Waals surface area contributed by atoms with Gasteiger partial charge >= 0.3 is 0 Å². The molecule has 0 saturated heterocycles. The summed E-state index contributed by atoms with van der Waals surface area (Å²) in [5, 5.41) is 13.2. The van der Waals surface area contributed by atoms with Gasteiger partial charge in [-0.25, -0.2) is 0 Å². The third-order valence-electron chi connectivity index (χ3n) is 4.74. The van der Waals surface area contributed by atoms with E-state index in [0.29, 0.717) is 23.3 Å². The van der Waals surface area contributed by atoms with Crippen LogP contribution in [0.25, 0.3) is 22.6 Å². The fourth-order valence-electron chi connectivity index (χ4n) is 3.23. The summed E-state index contributed by atoms with van der Waals surface area (Å²) in [5.41, 5.74) is 1.84. The van der Waals surface area contributed by atoms with Gasteiger partial charge in [-0.05, 0) is 36.8 Å². The molecule has 0 radical (unpaired) electrons. The summed E-state index contributed by atoms with van der Waals surface area (Å²) in [6.45, 7) is 6.31. The quantitative estimate of drug-likeness (QED) is 0.253. The topological polar surface area (TPSA) is 73.0 Å². The lowest BCUT2D eigenvalue weighted by atomic mass is 10.1. The first-order valence-electron chi connectivity index (χ1n) is 9.76. The van der Waals surface area contributed by atoms with Crippen molar-refractivity contribution in [3.63, 3.8) is 0 Å². The molecule has 0 fully saturated rings. The lowest BCUT2D eigenvalue weighted by molar-refractivity contribution is -0.119. The van der Waals surface area contributed by atoms with Crippen LogP contribution in [-0.4, -0.2) is 26.4 Å². The number of carbonyl (C=O) groups is 1. The second kappa shape index (κ2) is 9.53. The van der Waals surface area contributed by atoms with Crippen molar-refractivity contribution in [2.45, 2.75) is 24.7 Å². The van der Waals surface area contributed by atoms with E-state index in [1.54, 1.807) is 6.08 Å². The first kappa shape index (κ1) is 21.4. The normalized spacial score (nSPS) is 12.1. The SMILES string of the molecule is C=CCn1c(SCC(=O)NC(C)c2ccccc2)nnc1-c1cc2cc(Br)ccc2o1. The maximum atomic E-state index is 12.5. The van der Waals surface area contributed by atoms with Gasteiger partial charge in [-0.2, -0.15) is 0 Å². The molecule has 0 aliphatic carbocycles. The Kier molecular flexibility index (Phi) is 6.58. The van der Waals surface area contributed by atoms with E-state index < -0.39 is 0 Å². The van der Waals surface area contributed by atoms with Crippen molar-refractivity contribution in [2.75, 3.05) is 5.75 Å². The smallest absolute Gasteiger partial charge is 0.230 e. The predicted molar refractivity (Wildman–Crippen MR) is 127 cm³/mol. The third-order valence-corrected chi connectivity index (χ3v) is 6.20. The van der Waals surface area contributed by atoms with Crippen LogP contribution in [0.2, 0.25) is 0 Å². The van der Waals surface area contributed by atoms with E-state index in [2.05, 4.69) is 38.0 Å². The fourth-order valence-corrected chi connectivity index (χ4v) is 4.37. The molecule has 31 heavy (non-hydrogen) atoms. The molecule has 0 aliphatic rings. The molecule has 2 aromatic carbocycles. The Morgan fingerprint density at radius 2 is 2.06 bits per heavy atom. The van der Waals surface area contributed by atoms with E-state index in [1.165, 1.54) is 11.8 Å². The average Bonchev–Trinajstić information content (AvgIpc) is 3.36. The van der Waals surface area contributed by atoms with E-state index in [4.69, 9.17) is 4.42 Å². The summed E-state index contributed by atoms with van der Waals surface area (Å²) in [6.07, 6.45) is 1.77. The Hall–Kier alpha value is -2.84. The van der Waals surface area contributed by atoms with Crippen molar-refractivity contribution in [1.82, 2.24) is 20.1 Å². The van der Waals surface area contributed by atoms with Crippen molar-refractivity contribution >= 4 is 44.6 Å². The largest absolute Gasteiger partial charge is 0.453 e. The number of allylic oxidation sites excluding steroid dienone is 1. The number of thioether (sulfide) groups is 1. The van der Waals surface area contributed by atoms with Crippen molar-refractivity contribution < 1.29 is 9.21 Å². The Bertz CT molecular complexity index is 1220. The minimum Gasteiger partial charge on any atom is -0.453 e. The number of amides is 1. The number of fused-ring (bicyclic) bond motifs is 1. The third kappa shape index (κ3) is 4.91. The molecule has 6 nitrogen and oxygen atoms in total. The Balaban J connectivity index is 1.49. The average molecular weight is 497 g/mol. The molecule has 4 rings (SSSR count). The Morgan fingerprint density at radius 3 is 2.84 bits per heavy atom. The van der Waals surface area contributed by atoms with Crippen LogP contribution in [0, 0.1) is 0 Å². The van der Waals surface area contributed by atoms with E-state index >= 15 is 0 Å². The summed E-state index contributed by atoms with van der Waals surface area (Å²) in [7, 11) is 0. The number of carbonyl (C=O) groups excluding carboxylic acids is 1. The van der Waals surface area contributed by atoms with Crippen LogP contribution in [0.5, 0.6) is 0 Å². The van der Waals surface area contributed by atoms with Crippen LogP contribution in [0.3, 0.4) is 0 Å². The summed E-state index contributed by atoms with van der Waals surface area (Å²) in [4.78, 5) is 12.5. The molecule has 8 heteroatoms. The van der Waals surface area contributed by atoms with E-state index in [-0.39, 0.29) is 17.7 Å². The van der Waals surface area contributed by atoms with Gasteiger partial charge in [-0.3, -0.25) is 9.36 Å². The summed E-state index contributed by atoms with van der Waals surface area (Å²) in [6, 6.07) is 17.6. The number of nitrogens with one attached hydrogen (secondary N) is 1. The minimum atomic E-state index is -0.0651. The number of rotatable bonds is 8. The molecule has 0 saturated carbocycles. The van der Waals surface area contributed by atoms with E-state index in [1.807, 2.05) is 66.1 Å². The highest BCUT2D eigenvalue weighted by Gasteiger charge is 2.19. The molecular weight excluding hydrogens is 476 g/mol. The van der Waals surface area contributed by atoms with Gasteiger partial charge < -0.3 is 9.73 Å². The van der Waals surface area contributed by atoms with Gasteiger partial charge in [0.15, 0.2) is 10.9 Å². The minimum absolute atomic E-state index is 0.0641. The molecule has 2 aromatic heterocycles. The molecule has 1 atom stereocenters. The van der Waals surface area contributed by atoms with Gasteiger partial charge in [0, 0.05) is 16.4 Å². The molecule has 2 heterocycles. The number of hydrogen-bond acceptors (Lipinski definition) is 5. The van der Waals surface area contributed by atoms with E-state index in [9.17, 15) is 4.79 Å². The second-order valence-electron chi connectivity index (χ2n) is 6.99. The molecule has 4 aromatic rings. The predicted octanol–water partition coefficient (Wildman–Crippen LogP) is 5.61. The highest BCUT2D eigenvalue weighted by molar-refractivity contribution is 9.10. The first-order chi connectivity index (χ1) is 15.0. The number of halogens is 1.